The second kappa shape index (κ2) is 12.2. The Morgan fingerprint density at radius 2 is 1.41 bits per heavy atom. The Kier molecular flexibility index (Phi) is 9.00. The normalized spacial score (nSPS) is 13.1. The van der Waals surface area contributed by atoms with Crippen molar-refractivity contribution in [1.82, 2.24) is 5.32 Å². The van der Waals surface area contributed by atoms with Gasteiger partial charge >= 0.3 is 5.97 Å². The second-order valence-electron chi connectivity index (χ2n) is 8.40. The fourth-order valence-electron chi connectivity index (χ4n) is 3.25. The zero-order valence-electron chi connectivity index (χ0n) is 21.2. The van der Waals surface area contributed by atoms with Gasteiger partial charge in [0.05, 0.1) is 10.5 Å². The summed E-state index contributed by atoms with van der Waals surface area (Å²) in [7, 11) is -4.42. The summed E-state index contributed by atoms with van der Waals surface area (Å²) < 4.78 is 33.6. The van der Waals surface area contributed by atoms with Crippen LogP contribution in [-0.2, 0) is 19.6 Å². The molecule has 0 aromatic heterocycles. The number of guanidine groups is 1. The maximum Gasteiger partial charge on any atom is 0.342 e. The van der Waals surface area contributed by atoms with E-state index in [4.69, 9.17) is 16.2 Å². The Hall–Kier alpha value is -5.35. The van der Waals surface area contributed by atoms with Crippen molar-refractivity contribution in [1.29, 1.82) is 0 Å². The Morgan fingerprint density at radius 3 is 2.00 bits per heavy atom. The first-order chi connectivity index (χ1) is 19.2. The quantitative estimate of drug-likeness (QED) is 0.0773. The third-order valence-corrected chi connectivity index (χ3v) is 6.78. The molecule has 2 atom stereocenters. The number of para-hydroxylation sites is 2. The molecule has 2 amide bonds. The largest absolute Gasteiger partial charge is 0.504 e. The number of aromatic hydroxyl groups is 4. The van der Waals surface area contributed by atoms with Crippen LogP contribution < -0.4 is 22.1 Å². The van der Waals surface area contributed by atoms with Crippen LogP contribution in [0.1, 0.15) is 27.6 Å². The van der Waals surface area contributed by atoms with Crippen LogP contribution in [0.2, 0.25) is 0 Å². The molecule has 15 nitrogen and oxygen atoms in total. The molecule has 0 spiro atoms. The van der Waals surface area contributed by atoms with Crippen LogP contribution in [0.4, 0.5) is 5.69 Å². The van der Waals surface area contributed by atoms with E-state index < -0.39 is 68.9 Å². The van der Waals surface area contributed by atoms with Crippen molar-refractivity contribution in [2.45, 2.75) is 24.0 Å². The van der Waals surface area contributed by atoms with Crippen LogP contribution in [0.5, 0.6) is 23.0 Å². The number of ether oxygens (including phenoxy) is 1. The van der Waals surface area contributed by atoms with Crippen LogP contribution in [0, 0.1) is 0 Å². The first-order valence-corrected chi connectivity index (χ1v) is 13.0. The van der Waals surface area contributed by atoms with Crippen molar-refractivity contribution in [3.05, 3.63) is 71.8 Å². The number of sulfonamides is 1. The minimum Gasteiger partial charge on any atom is -0.504 e. The predicted molar refractivity (Wildman–Crippen MR) is 144 cm³/mol. The number of phenols is 4. The second-order valence-corrected chi connectivity index (χ2v) is 10.0. The number of esters is 1. The molecule has 3 aromatic carbocycles. The number of carbonyl (C=O) groups is 3. The maximum atomic E-state index is 12.6. The molecular weight excluding hydrogens is 562 g/mol. The molecule has 0 fully saturated rings. The van der Waals surface area contributed by atoms with E-state index >= 15 is 0 Å². The van der Waals surface area contributed by atoms with Gasteiger partial charge in [-0.2, -0.15) is 8.42 Å². The number of amides is 2. The lowest BCUT2D eigenvalue weighted by Crippen LogP contribution is -2.45. The average molecular weight is 588 g/mol. The molecule has 0 bridgehead atoms. The number of benzene rings is 3. The van der Waals surface area contributed by atoms with Gasteiger partial charge in [0.25, 0.3) is 15.9 Å². The summed E-state index contributed by atoms with van der Waals surface area (Å²) in [6.45, 7) is 1.33. The van der Waals surface area contributed by atoms with Crippen LogP contribution in [0.15, 0.2) is 70.0 Å². The van der Waals surface area contributed by atoms with E-state index in [2.05, 4.69) is 9.71 Å². The molecule has 16 heteroatoms. The first-order valence-electron chi connectivity index (χ1n) is 11.5. The molecule has 0 aliphatic rings. The molecule has 0 heterocycles. The van der Waals surface area contributed by atoms with Crippen molar-refractivity contribution in [2.24, 2.45) is 15.9 Å². The van der Waals surface area contributed by atoms with Crippen molar-refractivity contribution in [3.63, 3.8) is 0 Å². The molecular formula is C25H25N5O10S. The van der Waals surface area contributed by atoms with Crippen molar-refractivity contribution in [3.8, 4) is 23.0 Å². The lowest BCUT2D eigenvalue weighted by molar-refractivity contribution is -0.119. The molecule has 216 valence electrons. The van der Waals surface area contributed by atoms with E-state index in [0.29, 0.717) is 0 Å². The fraction of sp³-hybridized carbons (Fsp3) is 0.120. The van der Waals surface area contributed by atoms with Crippen LogP contribution in [0.25, 0.3) is 0 Å². The minimum absolute atomic E-state index is 0.123. The zero-order valence-corrected chi connectivity index (χ0v) is 22.0. The van der Waals surface area contributed by atoms with Crippen molar-refractivity contribution in [2.75, 3.05) is 5.32 Å². The molecule has 3 aromatic rings. The van der Waals surface area contributed by atoms with Crippen LogP contribution >= 0.6 is 0 Å². The van der Waals surface area contributed by atoms with Crippen LogP contribution in [-0.4, -0.2) is 64.7 Å². The number of nitrogens with two attached hydrogens (primary N) is 2. The molecule has 0 unspecified atom stereocenters. The van der Waals surface area contributed by atoms with Gasteiger partial charge in [0.2, 0.25) is 11.9 Å². The van der Waals surface area contributed by atoms with E-state index in [0.717, 1.165) is 30.3 Å². The molecule has 0 radical (unpaired) electrons. The molecule has 0 aliphatic heterocycles. The highest BCUT2D eigenvalue weighted by atomic mass is 32.2. The van der Waals surface area contributed by atoms with Gasteiger partial charge in [-0.15, -0.1) is 4.40 Å². The fourth-order valence-corrected chi connectivity index (χ4v) is 4.14. The van der Waals surface area contributed by atoms with E-state index in [1.807, 2.05) is 5.32 Å². The Morgan fingerprint density at radius 1 is 0.878 bits per heavy atom. The molecule has 0 saturated carbocycles. The average Bonchev–Trinajstić information content (AvgIpc) is 2.91. The van der Waals surface area contributed by atoms with E-state index in [-0.39, 0.29) is 21.7 Å². The lowest BCUT2D eigenvalue weighted by Gasteiger charge is -2.20. The Bertz CT molecular complexity index is 1620. The van der Waals surface area contributed by atoms with Gasteiger partial charge in [0.15, 0.2) is 23.0 Å². The van der Waals surface area contributed by atoms with Gasteiger partial charge in [-0.25, -0.2) is 4.79 Å². The van der Waals surface area contributed by atoms with Crippen LogP contribution in [0.3, 0.4) is 0 Å². The molecule has 0 aliphatic carbocycles. The van der Waals surface area contributed by atoms with Gasteiger partial charge in [0, 0.05) is 5.69 Å². The number of carbonyl (C=O) groups excluding carboxylic acids is 3. The number of anilines is 1. The Labute approximate surface area is 232 Å². The summed E-state index contributed by atoms with van der Waals surface area (Å²) in [5.74, 6) is -6.20. The highest BCUT2D eigenvalue weighted by Crippen LogP contribution is 2.29. The number of hydrogen-bond donors (Lipinski definition) is 8. The third-order valence-electron chi connectivity index (χ3n) is 5.48. The summed E-state index contributed by atoms with van der Waals surface area (Å²) >= 11 is 0. The predicted octanol–water partition coefficient (Wildman–Crippen LogP) is 0.454. The molecule has 10 N–H and O–H groups in total. The summed E-state index contributed by atoms with van der Waals surface area (Å²) in [6, 6.07) is 10.5. The summed E-state index contributed by atoms with van der Waals surface area (Å²) in [5.41, 5.74) is 10.8. The standard InChI is InChI=1S/C25H25N5O10S/c1-12(40-24(37)16-5-3-7-18(32)21(16)34)19(26)23(36)28-13-8-10-14(11-9-13)41(38,39)30-25(27)29-22(35)15-4-2-6-17(31)20(15)33/h2-12,19,31-34H,26H2,1H3,(H,28,36)(H3,27,29,30,35)/t12-,19+/m1/s1. The monoisotopic (exact) mass is 587 g/mol. The summed E-state index contributed by atoms with van der Waals surface area (Å²) in [6.07, 6.45) is -1.17. The number of nitrogens with zero attached hydrogens (tertiary/aromatic N) is 1. The number of phenolic OH excluding ortho intramolecular Hbond substituents is 4. The molecule has 0 saturated heterocycles. The number of hydrogen-bond acceptors (Lipinski definition) is 11. The van der Waals surface area contributed by atoms with Gasteiger partial charge < -0.3 is 41.9 Å². The van der Waals surface area contributed by atoms with Crippen molar-refractivity contribution < 1.29 is 48.0 Å². The maximum absolute atomic E-state index is 12.6. The highest BCUT2D eigenvalue weighted by molar-refractivity contribution is 7.90. The smallest absolute Gasteiger partial charge is 0.342 e. The van der Waals surface area contributed by atoms with Gasteiger partial charge in [0.1, 0.15) is 17.7 Å². The summed E-state index contributed by atoms with van der Waals surface area (Å²) in [5, 5.41) is 43.0. The lowest BCUT2D eigenvalue weighted by atomic mass is 10.1. The topological polar surface area (TPSA) is 264 Å². The SMILES string of the molecule is C[C@@H](OC(=O)c1cccc(O)c1O)[C@H](N)C(=O)Nc1ccc(S(=O)(=O)N=C(N)NC(=O)c2cccc(O)c2O)cc1. The summed E-state index contributed by atoms with van der Waals surface area (Å²) in [4.78, 5) is 36.7. The molecule has 3 rings (SSSR count). The zero-order chi connectivity index (χ0) is 30.5. The Balaban J connectivity index is 1.63. The van der Waals surface area contributed by atoms with E-state index in [9.17, 15) is 43.2 Å². The number of rotatable bonds is 8. The van der Waals surface area contributed by atoms with E-state index in [1.54, 1.807) is 0 Å². The minimum atomic E-state index is -4.42. The molecule has 41 heavy (non-hydrogen) atoms. The van der Waals surface area contributed by atoms with Gasteiger partial charge in [-0.05, 0) is 55.5 Å². The third kappa shape index (κ3) is 7.20. The number of nitrogens with one attached hydrogen (secondary N) is 2. The van der Waals surface area contributed by atoms with Gasteiger partial charge in [-0.3, -0.25) is 14.9 Å². The van der Waals surface area contributed by atoms with Gasteiger partial charge in [-0.1, -0.05) is 12.1 Å². The van der Waals surface area contributed by atoms with E-state index in [1.165, 1.54) is 37.3 Å². The highest BCUT2D eigenvalue weighted by Gasteiger charge is 2.27. The first kappa shape index (κ1) is 30.2. The van der Waals surface area contributed by atoms with Crippen molar-refractivity contribution >= 4 is 39.5 Å².